The van der Waals surface area contributed by atoms with E-state index in [2.05, 4.69) is 16.0 Å². The number of nitrogens with one attached hydrogen (secondary N) is 3. The second kappa shape index (κ2) is 19.6. The zero-order valence-corrected chi connectivity index (χ0v) is 34.9. The van der Waals surface area contributed by atoms with Gasteiger partial charge in [-0.25, -0.2) is 4.79 Å². The number of carbonyl (C=O) groups excluding carboxylic acids is 7. The summed E-state index contributed by atoms with van der Waals surface area (Å²) >= 11 is 0. The van der Waals surface area contributed by atoms with Crippen molar-refractivity contribution < 1.29 is 43.0 Å². The molecule has 7 atom stereocenters. The van der Waals surface area contributed by atoms with E-state index in [0.29, 0.717) is 12.8 Å². The molecule has 0 aromatic heterocycles. The molecule has 0 spiro atoms. The molecule has 9 N–H and O–H groups in total. The van der Waals surface area contributed by atoms with Crippen LogP contribution in [-0.2, 0) is 43.0 Å². The second-order valence-electron chi connectivity index (χ2n) is 17.7. The van der Waals surface area contributed by atoms with Crippen molar-refractivity contribution >= 4 is 41.2 Å². The molecule has 0 bridgehead atoms. The minimum atomic E-state index is -2.77. The zero-order chi connectivity index (χ0) is 42.1. The van der Waals surface area contributed by atoms with E-state index >= 15 is 9.59 Å². The molecule has 15 heteroatoms. The van der Waals surface area contributed by atoms with Gasteiger partial charge in [0.2, 0.25) is 17.7 Å². The maximum atomic E-state index is 16.1. The Labute approximate surface area is 327 Å². The molecule has 0 aliphatic heterocycles. The summed E-state index contributed by atoms with van der Waals surface area (Å²) in [5.74, 6) is -8.29. The van der Waals surface area contributed by atoms with Crippen LogP contribution in [0.2, 0.25) is 0 Å². The lowest BCUT2D eigenvalue weighted by atomic mass is 9.51. The molecule has 15 nitrogen and oxygen atoms in total. The van der Waals surface area contributed by atoms with E-state index in [9.17, 15) is 24.0 Å². The van der Waals surface area contributed by atoms with Crippen LogP contribution in [0.15, 0.2) is 0 Å². The van der Waals surface area contributed by atoms with Gasteiger partial charge in [0.15, 0.2) is 17.1 Å². The van der Waals surface area contributed by atoms with E-state index in [1.807, 2.05) is 27.7 Å². The minimum absolute atomic E-state index is 0.0173. The molecule has 2 aliphatic rings. The highest BCUT2D eigenvalue weighted by atomic mass is 16.6. The molecule has 0 aromatic rings. The first-order chi connectivity index (χ1) is 25.4. The summed E-state index contributed by atoms with van der Waals surface area (Å²) in [6.45, 7) is 15.1. The second-order valence-corrected chi connectivity index (χ2v) is 17.7. The Kier molecular flexibility index (Phi) is 17.0. The number of hydrogen-bond acceptors (Lipinski definition) is 12. The molecule has 0 saturated heterocycles. The summed E-state index contributed by atoms with van der Waals surface area (Å²) in [4.78, 5) is 103. The average molecular weight is 779 g/mol. The van der Waals surface area contributed by atoms with Crippen LogP contribution < -0.4 is 33.2 Å². The maximum absolute atomic E-state index is 16.1. The first-order valence-electron chi connectivity index (χ1n) is 20.0. The lowest BCUT2D eigenvalue weighted by Gasteiger charge is -2.53. The third kappa shape index (κ3) is 11.3. The molecular formula is C40H70N6O9. The predicted octanol–water partition coefficient (Wildman–Crippen LogP) is 2.48. The number of esters is 2. The fourth-order valence-electron chi connectivity index (χ4n) is 8.18. The van der Waals surface area contributed by atoms with Crippen LogP contribution in [0, 0.1) is 23.2 Å². The van der Waals surface area contributed by atoms with Gasteiger partial charge in [-0.15, -0.1) is 0 Å². The van der Waals surface area contributed by atoms with Gasteiger partial charge in [-0.1, -0.05) is 66.2 Å². The zero-order valence-electron chi connectivity index (χ0n) is 34.9. The Morgan fingerprint density at radius 3 is 1.64 bits per heavy atom. The standard InChI is InChI=1S/C40H70N6O9/c1-23(2)21-28(44-31(48)25(5)41)30(47)40(35(52)38(43)18-14-11-12-15-19-38)27(34(51)55-37(7,8)9)17-13-16-20-39(40,36(53)54-10)46-33(50)29(22-24(3)4)45-32(49)26(6)42/h23-29H,11-22,41-43H2,1-10H3,(H,44,48)(H,45,49)(H,46,50)/t25-,26-,27?,28-,29-,39?,40?/m0/s1. The fraction of sp³-hybridized carbons (Fsp3) is 0.825. The van der Waals surface area contributed by atoms with E-state index < -0.39 is 93.4 Å². The summed E-state index contributed by atoms with van der Waals surface area (Å²) in [6, 6.07) is -4.81. The van der Waals surface area contributed by atoms with Crippen LogP contribution in [0.25, 0.3) is 0 Å². The summed E-state index contributed by atoms with van der Waals surface area (Å²) in [6.07, 6.45) is 2.92. The van der Waals surface area contributed by atoms with Crippen LogP contribution >= 0.6 is 0 Å². The monoisotopic (exact) mass is 779 g/mol. The van der Waals surface area contributed by atoms with Crippen molar-refractivity contribution in [1.82, 2.24) is 16.0 Å². The van der Waals surface area contributed by atoms with Gasteiger partial charge >= 0.3 is 11.9 Å². The molecule has 2 rings (SSSR count). The van der Waals surface area contributed by atoms with E-state index in [1.165, 1.54) is 13.8 Å². The summed E-state index contributed by atoms with van der Waals surface area (Å²) in [5, 5.41) is 8.20. The van der Waals surface area contributed by atoms with Crippen molar-refractivity contribution in [2.24, 2.45) is 40.4 Å². The van der Waals surface area contributed by atoms with E-state index in [1.54, 1.807) is 20.8 Å². The highest BCUT2D eigenvalue weighted by molar-refractivity contribution is 6.20. The Morgan fingerprint density at radius 1 is 0.709 bits per heavy atom. The molecule has 2 saturated carbocycles. The highest BCUT2D eigenvalue weighted by Gasteiger charge is 2.74. The third-order valence-corrected chi connectivity index (χ3v) is 10.8. The van der Waals surface area contributed by atoms with Gasteiger partial charge in [0.05, 0.1) is 36.7 Å². The molecule has 0 radical (unpaired) electrons. The number of nitrogens with two attached hydrogens (primary N) is 3. The van der Waals surface area contributed by atoms with Gasteiger partial charge in [0, 0.05) is 0 Å². The van der Waals surface area contributed by atoms with E-state index in [4.69, 9.17) is 26.7 Å². The number of ether oxygens (including phenoxy) is 2. The van der Waals surface area contributed by atoms with Gasteiger partial charge in [0.1, 0.15) is 17.1 Å². The Balaban J connectivity index is 3.29. The molecule has 3 unspecified atom stereocenters. The number of rotatable bonds is 16. The van der Waals surface area contributed by atoms with Gasteiger partial charge < -0.3 is 42.6 Å². The van der Waals surface area contributed by atoms with Crippen molar-refractivity contribution in [3.8, 4) is 0 Å². The third-order valence-electron chi connectivity index (χ3n) is 10.8. The molecule has 3 amide bonds. The lowest BCUT2D eigenvalue weighted by molar-refractivity contribution is -0.185. The maximum Gasteiger partial charge on any atom is 0.333 e. The SMILES string of the molecule is COC(=O)C1(NC(=O)[C@H](CC(C)C)NC(=O)[C@H](C)N)CCCCC(C(=O)OC(C)(C)C)C1(C(=O)[C@H](CC(C)C)NC(=O)[C@H](C)N)C(=O)C1(N)CCCCCC1. The van der Waals surface area contributed by atoms with Crippen molar-refractivity contribution in [1.29, 1.82) is 0 Å². The lowest BCUT2D eigenvalue weighted by Crippen LogP contribution is -2.79. The molecule has 2 aliphatic carbocycles. The normalized spacial score (nSPS) is 25.3. The van der Waals surface area contributed by atoms with Crippen LogP contribution in [-0.4, -0.2) is 89.2 Å². The largest absolute Gasteiger partial charge is 0.467 e. The number of carbonyl (C=O) groups is 7. The minimum Gasteiger partial charge on any atom is -0.467 e. The van der Waals surface area contributed by atoms with Crippen molar-refractivity contribution in [3.05, 3.63) is 0 Å². The van der Waals surface area contributed by atoms with E-state index in [0.717, 1.165) is 20.0 Å². The molecule has 0 heterocycles. The van der Waals surface area contributed by atoms with Gasteiger partial charge in [-0.3, -0.25) is 28.8 Å². The Hall–Kier alpha value is -3.43. The Morgan fingerprint density at radius 2 is 1.18 bits per heavy atom. The molecule has 55 heavy (non-hydrogen) atoms. The van der Waals surface area contributed by atoms with Crippen LogP contribution in [0.5, 0.6) is 0 Å². The van der Waals surface area contributed by atoms with Gasteiger partial charge in [-0.05, 0) is 85.0 Å². The first kappa shape index (κ1) is 47.7. The molecular weight excluding hydrogens is 708 g/mol. The summed E-state index contributed by atoms with van der Waals surface area (Å²) in [7, 11) is 1.07. The Bertz CT molecular complexity index is 1400. The van der Waals surface area contributed by atoms with Gasteiger partial charge in [-0.2, -0.15) is 0 Å². The van der Waals surface area contributed by atoms with Crippen LogP contribution in [0.4, 0.5) is 0 Å². The number of ketones is 2. The van der Waals surface area contributed by atoms with Crippen molar-refractivity contribution in [2.75, 3.05) is 7.11 Å². The van der Waals surface area contributed by atoms with Crippen molar-refractivity contribution in [3.63, 3.8) is 0 Å². The quantitative estimate of drug-likeness (QED) is 0.0751. The summed E-state index contributed by atoms with van der Waals surface area (Å²) in [5.41, 5.74) is 10.8. The summed E-state index contributed by atoms with van der Waals surface area (Å²) < 4.78 is 11.5. The molecule has 2 fully saturated rings. The number of methoxy groups -OCH3 is 1. The average Bonchev–Trinajstić information content (AvgIpc) is 3.40. The topological polar surface area (TPSA) is 252 Å². The van der Waals surface area contributed by atoms with Crippen LogP contribution in [0.3, 0.4) is 0 Å². The highest BCUT2D eigenvalue weighted by Crippen LogP contribution is 2.54. The van der Waals surface area contributed by atoms with Crippen molar-refractivity contribution in [2.45, 2.75) is 180 Å². The number of hydrogen-bond donors (Lipinski definition) is 6. The first-order valence-corrected chi connectivity index (χ1v) is 20.0. The predicted molar refractivity (Wildman–Crippen MR) is 208 cm³/mol. The van der Waals surface area contributed by atoms with E-state index in [-0.39, 0.29) is 63.2 Å². The van der Waals surface area contributed by atoms with Crippen LogP contribution in [0.1, 0.15) is 139 Å². The fourth-order valence-corrected chi connectivity index (χ4v) is 8.18. The smallest absolute Gasteiger partial charge is 0.333 e. The number of amides is 3. The molecule has 314 valence electrons. The van der Waals surface area contributed by atoms with Gasteiger partial charge in [0.25, 0.3) is 0 Å². The molecule has 0 aromatic carbocycles. The number of Topliss-reactive ketones (excluding diaryl/α,β-unsaturated/α-hetero) is 2.